The van der Waals surface area contributed by atoms with Crippen molar-refractivity contribution in [1.82, 2.24) is 10.0 Å². The van der Waals surface area contributed by atoms with E-state index in [1.54, 1.807) is 0 Å². The second-order valence-electron chi connectivity index (χ2n) is 5.99. The number of nitrogens with one attached hydrogen (secondary N) is 2. The highest BCUT2D eigenvalue weighted by Crippen LogP contribution is 2.17. The Hall–Kier alpha value is -1.47. The van der Waals surface area contributed by atoms with Gasteiger partial charge in [-0.05, 0) is 43.5 Å². The van der Waals surface area contributed by atoms with Crippen molar-refractivity contribution < 1.29 is 17.6 Å². The molecule has 128 valence electrons. The molecule has 0 aliphatic heterocycles. The Balaban J connectivity index is 1.90. The minimum atomic E-state index is -3.82. The van der Waals surface area contributed by atoms with E-state index >= 15 is 0 Å². The van der Waals surface area contributed by atoms with Crippen LogP contribution in [0.25, 0.3) is 0 Å². The highest BCUT2D eigenvalue weighted by atomic mass is 32.2. The van der Waals surface area contributed by atoms with Crippen LogP contribution >= 0.6 is 0 Å². The van der Waals surface area contributed by atoms with Gasteiger partial charge in [0.05, 0.1) is 11.4 Å². The van der Waals surface area contributed by atoms with E-state index in [0.29, 0.717) is 0 Å². The van der Waals surface area contributed by atoms with Crippen molar-refractivity contribution in [3.8, 4) is 0 Å². The number of aryl methyl sites for hydroxylation is 1. The summed E-state index contributed by atoms with van der Waals surface area (Å²) in [5.41, 5.74) is 0.246. The predicted octanol–water partition coefficient (Wildman–Crippen LogP) is 2.25. The summed E-state index contributed by atoms with van der Waals surface area (Å²) in [6, 6.07) is 3.67. The fraction of sp³-hybridized carbons (Fsp3) is 0.562. The molecule has 0 aromatic heterocycles. The number of hydrogen-bond acceptors (Lipinski definition) is 3. The SMILES string of the molecule is Cc1cc(S(=O)(=O)NCC(=O)NC2CCCCCC2)ccc1F. The van der Waals surface area contributed by atoms with E-state index in [0.717, 1.165) is 31.7 Å². The van der Waals surface area contributed by atoms with Crippen molar-refractivity contribution in [2.24, 2.45) is 0 Å². The van der Waals surface area contributed by atoms with E-state index in [2.05, 4.69) is 10.0 Å². The number of hydrogen-bond donors (Lipinski definition) is 2. The molecule has 0 unspecified atom stereocenters. The maximum atomic E-state index is 13.2. The van der Waals surface area contributed by atoms with Crippen molar-refractivity contribution in [2.75, 3.05) is 6.54 Å². The van der Waals surface area contributed by atoms with Gasteiger partial charge < -0.3 is 5.32 Å². The van der Waals surface area contributed by atoms with Gasteiger partial charge in [-0.25, -0.2) is 17.5 Å². The first-order valence-electron chi connectivity index (χ1n) is 7.94. The lowest BCUT2D eigenvalue weighted by Gasteiger charge is -2.16. The van der Waals surface area contributed by atoms with Gasteiger partial charge in [-0.2, -0.15) is 0 Å². The molecule has 1 aliphatic rings. The van der Waals surface area contributed by atoms with E-state index in [9.17, 15) is 17.6 Å². The first kappa shape index (κ1) is 17.9. The van der Waals surface area contributed by atoms with Crippen LogP contribution in [0.3, 0.4) is 0 Å². The maximum Gasteiger partial charge on any atom is 0.241 e. The van der Waals surface area contributed by atoms with Crippen LogP contribution in [-0.2, 0) is 14.8 Å². The van der Waals surface area contributed by atoms with Crippen LogP contribution in [0.5, 0.6) is 0 Å². The highest BCUT2D eigenvalue weighted by molar-refractivity contribution is 7.89. The van der Waals surface area contributed by atoms with E-state index < -0.39 is 15.8 Å². The third-order valence-corrected chi connectivity index (χ3v) is 5.48. The van der Waals surface area contributed by atoms with Gasteiger partial charge in [0.2, 0.25) is 15.9 Å². The molecule has 1 amide bonds. The van der Waals surface area contributed by atoms with E-state index in [1.165, 1.54) is 31.9 Å². The molecule has 0 spiro atoms. The van der Waals surface area contributed by atoms with E-state index in [-0.39, 0.29) is 29.0 Å². The Bertz CT molecular complexity index is 653. The zero-order chi connectivity index (χ0) is 16.9. The summed E-state index contributed by atoms with van der Waals surface area (Å²) in [5, 5.41) is 2.88. The Kier molecular flexibility index (Phi) is 6.12. The van der Waals surface area contributed by atoms with Gasteiger partial charge in [-0.1, -0.05) is 25.7 Å². The van der Waals surface area contributed by atoms with Gasteiger partial charge in [0, 0.05) is 6.04 Å². The van der Waals surface area contributed by atoms with Gasteiger partial charge in [0.25, 0.3) is 0 Å². The lowest BCUT2D eigenvalue weighted by Crippen LogP contribution is -2.41. The lowest BCUT2D eigenvalue weighted by atomic mass is 10.1. The molecule has 23 heavy (non-hydrogen) atoms. The maximum absolute atomic E-state index is 13.2. The van der Waals surface area contributed by atoms with Crippen LogP contribution in [-0.4, -0.2) is 26.9 Å². The summed E-state index contributed by atoms with van der Waals surface area (Å²) in [6.07, 6.45) is 6.42. The molecule has 0 atom stereocenters. The second-order valence-corrected chi connectivity index (χ2v) is 7.76. The van der Waals surface area contributed by atoms with Gasteiger partial charge in [-0.3, -0.25) is 4.79 Å². The average Bonchev–Trinajstić information content (AvgIpc) is 2.76. The molecular formula is C16H23FN2O3S. The molecule has 2 rings (SSSR count). The van der Waals surface area contributed by atoms with Crippen molar-refractivity contribution in [3.05, 3.63) is 29.6 Å². The zero-order valence-corrected chi connectivity index (χ0v) is 14.1. The summed E-state index contributed by atoms with van der Waals surface area (Å²) in [6.45, 7) is 1.18. The van der Waals surface area contributed by atoms with Gasteiger partial charge >= 0.3 is 0 Å². The average molecular weight is 342 g/mol. The van der Waals surface area contributed by atoms with Crippen molar-refractivity contribution in [2.45, 2.75) is 56.4 Å². The van der Waals surface area contributed by atoms with Crippen LogP contribution in [0.4, 0.5) is 4.39 Å². The predicted molar refractivity (Wildman–Crippen MR) is 86.0 cm³/mol. The first-order chi connectivity index (χ1) is 10.9. The van der Waals surface area contributed by atoms with Crippen molar-refractivity contribution >= 4 is 15.9 Å². The molecule has 1 fully saturated rings. The Morgan fingerprint density at radius 1 is 1.22 bits per heavy atom. The second kappa shape index (κ2) is 7.88. The largest absolute Gasteiger partial charge is 0.352 e. The number of sulfonamides is 1. The normalized spacial score (nSPS) is 16.8. The molecule has 0 saturated heterocycles. The number of rotatable bonds is 5. The van der Waals surface area contributed by atoms with Gasteiger partial charge in [0.15, 0.2) is 0 Å². The quantitative estimate of drug-likeness (QED) is 0.806. The molecule has 5 nitrogen and oxygen atoms in total. The van der Waals surface area contributed by atoms with Crippen LogP contribution in [0.1, 0.15) is 44.1 Å². The molecule has 1 aromatic rings. The summed E-state index contributed by atoms with van der Waals surface area (Å²) in [4.78, 5) is 11.9. The van der Waals surface area contributed by atoms with Crippen LogP contribution < -0.4 is 10.0 Å². The topological polar surface area (TPSA) is 75.3 Å². The third kappa shape index (κ3) is 5.28. The zero-order valence-electron chi connectivity index (χ0n) is 13.3. The molecule has 0 bridgehead atoms. The number of benzene rings is 1. The fourth-order valence-corrected chi connectivity index (χ4v) is 3.80. The summed E-state index contributed by atoms with van der Waals surface area (Å²) < 4.78 is 39.7. The summed E-state index contributed by atoms with van der Waals surface area (Å²) >= 11 is 0. The van der Waals surface area contributed by atoms with Crippen LogP contribution in [0, 0.1) is 12.7 Å². The van der Waals surface area contributed by atoms with Gasteiger partial charge in [0.1, 0.15) is 5.82 Å². The number of carbonyl (C=O) groups excluding carboxylic acids is 1. The Labute approximate surface area is 136 Å². The standard InChI is InChI=1S/C16H23FN2O3S/c1-12-10-14(8-9-15(12)17)23(21,22)18-11-16(20)19-13-6-4-2-3-5-7-13/h8-10,13,18H,2-7,11H2,1H3,(H,19,20). The van der Waals surface area contributed by atoms with Gasteiger partial charge in [-0.15, -0.1) is 0 Å². The third-order valence-electron chi connectivity index (χ3n) is 4.08. The number of carbonyl (C=O) groups is 1. The molecule has 0 radical (unpaired) electrons. The number of amides is 1. The summed E-state index contributed by atoms with van der Waals surface area (Å²) in [5.74, 6) is -0.797. The van der Waals surface area contributed by atoms with Crippen LogP contribution in [0.15, 0.2) is 23.1 Å². The van der Waals surface area contributed by atoms with E-state index in [4.69, 9.17) is 0 Å². The summed E-state index contributed by atoms with van der Waals surface area (Å²) in [7, 11) is -3.82. The minimum absolute atomic E-state index is 0.0429. The molecule has 0 heterocycles. The minimum Gasteiger partial charge on any atom is -0.352 e. The molecule has 1 aliphatic carbocycles. The molecule has 7 heteroatoms. The first-order valence-corrected chi connectivity index (χ1v) is 9.42. The monoisotopic (exact) mass is 342 g/mol. The molecule has 1 aromatic carbocycles. The molecule has 2 N–H and O–H groups in total. The Morgan fingerprint density at radius 3 is 2.48 bits per heavy atom. The smallest absolute Gasteiger partial charge is 0.241 e. The highest BCUT2D eigenvalue weighted by Gasteiger charge is 2.19. The van der Waals surface area contributed by atoms with Crippen molar-refractivity contribution in [1.29, 1.82) is 0 Å². The fourth-order valence-electron chi connectivity index (χ4n) is 2.73. The number of halogens is 1. The molecular weight excluding hydrogens is 319 g/mol. The van der Waals surface area contributed by atoms with Crippen LogP contribution in [0.2, 0.25) is 0 Å². The lowest BCUT2D eigenvalue weighted by molar-refractivity contribution is -0.120. The molecule has 1 saturated carbocycles. The van der Waals surface area contributed by atoms with E-state index in [1.807, 2.05) is 0 Å². The van der Waals surface area contributed by atoms with Crippen molar-refractivity contribution in [3.63, 3.8) is 0 Å². The Morgan fingerprint density at radius 2 is 1.87 bits per heavy atom.